The van der Waals surface area contributed by atoms with Crippen molar-refractivity contribution >= 4 is 6.21 Å². The van der Waals surface area contributed by atoms with Gasteiger partial charge in [0.05, 0.1) is 18.2 Å². The molecule has 52 valence electrons. The fourth-order valence-corrected chi connectivity index (χ4v) is 1.46. The average Bonchev–Trinajstić information content (AvgIpc) is 2.30. The van der Waals surface area contributed by atoms with Crippen LogP contribution in [0.1, 0.15) is 12.8 Å². The van der Waals surface area contributed by atoms with Crippen LogP contribution in [0, 0.1) is 11.3 Å². The van der Waals surface area contributed by atoms with Gasteiger partial charge in [0, 0.05) is 19.1 Å². The molecule has 0 aromatic rings. The van der Waals surface area contributed by atoms with Gasteiger partial charge in [0.2, 0.25) is 0 Å². The molecule has 1 spiro atoms. The van der Waals surface area contributed by atoms with E-state index >= 15 is 0 Å². The maximum Gasteiger partial charge on any atom is 0.147 e. The van der Waals surface area contributed by atoms with Crippen molar-refractivity contribution in [2.24, 2.45) is 4.99 Å². The van der Waals surface area contributed by atoms with Crippen molar-refractivity contribution in [3.8, 4) is 6.07 Å². The standard InChI is InChI=1S/C7H8N2O/c8-4-6-3-7(10-6)1-2-9-5-7/h2,6H,1,3,5H2. The Bertz CT molecular complexity index is 200. The molecule has 10 heavy (non-hydrogen) atoms. The Labute approximate surface area is 59.3 Å². The molecule has 0 bridgehead atoms. The van der Waals surface area contributed by atoms with E-state index < -0.39 is 0 Å². The lowest BCUT2D eigenvalue weighted by atomic mass is 9.88. The number of ether oxygens (including phenoxy) is 1. The Kier molecular flexibility index (Phi) is 1.06. The largest absolute Gasteiger partial charge is 0.354 e. The van der Waals surface area contributed by atoms with Gasteiger partial charge in [-0.15, -0.1) is 0 Å². The first-order valence-electron chi connectivity index (χ1n) is 3.40. The number of nitriles is 1. The van der Waals surface area contributed by atoms with Gasteiger partial charge < -0.3 is 4.74 Å². The summed E-state index contributed by atoms with van der Waals surface area (Å²) >= 11 is 0. The second-order valence-corrected chi connectivity index (χ2v) is 2.85. The lowest BCUT2D eigenvalue weighted by Gasteiger charge is -2.41. The third-order valence-corrected chi connectivity index (χ3v) is 2.07. The van der Waals surface area contributed by atoms with Gasteiger partial charge in [-0.25, -0.2) is 0 Å². The van der Waals surface area contributed by atoms with Crippen molar-refractivity contribution in [3.63, 3.8) is 0 Å². The van der Waals surface area contributed by atoms with Crippen LogP contribution in [0.15, 0.2) is 4.99 Å². The van der Waals surface area contributed by atoms with E-state index in [9.17, 15) is 0 Å². The van der Waals surface area contributed by atoms with Crippen LogP contribution in [-0.2, 0) is 4.74 Å². The minimum absolute atomic E-state index is 0.0552. The number of rotatable bonds is 0. The van der Waals surface area contributed by atoms with Gasteiger partial charge in [-0.05, 0) is 0 Å². The molecule has 3 nitrogen and oxygen atoms in total. The Hall–Kier alpha value is -0.880. The summed E-state index contributed by atoms with van der Waals surface area (Å²) in [5.41, 5.74) is -0.0552. The molecule has 0 N–H and O–H groups in total. The summed E-state index contributed by atoms with van der Waals surface area (Å²) in [5, 5.41) is 8.41. The molecule has 0 aromatic carbocycles. The highest BCUT2D eigenvalue weighted by Crippen LogP contribution is 2.37. The first kappa shape index (κ1) is 5.87. The summed E-state index contributed by atoms with van der Waals surface area (Å²) in [4.78, 5) is 4.07. The van der Waals surface area contributed by atoms with Crippen molar-refractivity contribution in [2.45, 2.75) is 24.5 Å². The molecule has 2 aliphatic rings. The van der Waals surface area contributed by atoms with Gasteiger partial charge >= 0.3 is 0 Å². The third-order valence-electron chi connectivity index (χ3n) is 2.07. The lowest BCUT2D eigenvalue weighted by Crippen LogP contribution is -2.50. The molecule has 3 heteroatoms. The highest BCUT2D eigenvalue weighted by molar-refractivity contribution is 5.62. The summed E-state index contributed by atoms with van der Waals surface area (Å²) in [5.74, 6) is 0. The molecule has 2 atom stereocenters. The fourth-order valence-electron chi connectivity index (χ4n) is 1.46. The van der Waals surface area contributed by atoms with Crippen LogP contribution in [0.3, 0.4) is 0 Å². The maximum absolute atomic E-state index is 8.41. The minimum Gasteiger partial charge on any atom is -0.354 e. The number of hydrogen-bond acceptors (Lipinski definition) is 3. The molecular formula is C7H8N2O. The SMILES string of the molecule is N#CC1CC2(CC=NC2)O1. The second kappa shape index (κ2) is 1.80. The zero-order valence-electron chi connectivity index (χ0n) is 5.58. The lowest BCUT2D eigenvalue weighted by molar-refractivity contribution is -0.165. The average molecular weight is 136 g/mol. The van der Waals surface area contributed by atoms with Gasteiger partial charge in [-0.1, -0.05) is 0 Å². The summed E-state index contributed by atoms with van der Waals surface area (Å²) < 4.78 is 5.35. The van der Waals surface area contributed by atoms with Crippen LogP contribution >= 0.6 is 0 Å². The van der Waals surface area contributed by atoms with Crippen LogP contribution in [0.4, 0.5) is 0 Å². The van der Waals surface area contributed by atoms with Crippen molar-refractivity contribution in [1.82, 2.24) is 0 Å². The number of nitrogens with zero attached hydrogens (tertiary/aromatic N) is 2. The Morgan fingerprint density at radius 2 is 2.60 bits per heavy atom. The molecule has 0 amide bonds. The normalized spacial score (nSPS) is 43.3. The van der Waals surface area contributed by atoms with E-state index in [1.54, 1.807) is 0 Å². The first-order valence-corrected chi connectivity index (χ1v) is 3.40. The van der Waals surface area contributed by atoms with E-state index in [1.807, 2.05) is 6.21 Å². The highest BCUT2D eigenvalue weighted by Gasteiger charge is 2.46. The topological polar surface area (TPSA) is 45.4 Å². The Balaban J connectivity index is 1.96. The zero-order valence-corrected chi connectivity index (χ0v) is 5.58. The van der Waals surface area contributed by atoms with Crippen molar-refractivity contribution in [1.29, 1.82) is 5.26 Å². The predicted molar refractivity (Wildman–Crippen MR) is 35.8 cm³/mol. The summed E-state index contributed by atoms with van der Waals surface area (Å²) in [6.45, 7) is 0.755. The first-order chi connectivity index (χ1) is 4.85. The summed E-state index contributed by atoms with van der Waals surface area (Å²) in [6.07, 6.45) is 3.48. The van der Waals surface area contributed by atoms with E-state index in [-0.39, 0.29) is 11.7 Å². The van der Waals surface area contributed by atoms with Crippen LogP contribution in [0.2, 0.25) is 0 Å². The fraction of sp³-hybridized carbons (Fsp3) is 0.714. The predicted octanol–water partition coefficient (Wildman–Crippen LogP) is 0.512. The van der Waals surface area contributed by atoms with Crippen LogP contribution in [0.25, 0.3) is 0 Å². The van der Waals surface area contributed by atoms with Gasteiger partial charge in [0.1, 0.15) is 6.10 Å². The molecule has 2 unspecified atom stereocenters. The van der Waals surface area contributed by atoms with Gasteiger partial charge in [0.25, 0.3) is 0 Å². The molecule has 1 fully saturated rings. The molecule has 1 saturated heterocycles. The maximum atomic E-state index is 8.41. The van der Waals surface area contributed by atoms with Gasteiger partial charge in [-0.3, -0.25) is 4.99 Å². The van der Waals surface area contributed by atoms with E-state index in [0.29, 0.717) is 0 Å². The Morgan fingerprint density at radius 1 is 1.80 bits per heavy atom. The smallest absolute Gasteiger partial charge is 0.147 e. The molecule has 2 heterocycles. The quantitative estimate of drug-likeness (QED) is 0.487. The second-order valence-electron chi connectivity index (χ2n) is 2.85. The monoisotopic (exact) mass is 136 g/mol. The molecule has 0 saturated carbocycles. The summed E-state index contributed by atoms with van der Waals surface area (Å²) in [7, 11) is 0. The van der Waals surface area contributed by atoms with E-state index in [0.717, 1.165) is 19.4 Å². The number of hydrogen-bond donors (Lipinski definition) is 0. The van der Waals surface area contributed by atoms with Crippen LogP contribution < -0.4 is 0 Å². The van der Waals surface area contributed by atoms with E-state index in [2.05, 4.69) is 11.1 Å². The third kappa shape index (κ3) is 0.659. The van der Waals surface area contributed by atoms with Crippen molar-refractivity contribution in [3.05, 3.63) is 0 Å². The van der Waals surface area contributed by atoms with Gasteiger partial charge in [-0.2, -0.15) is 5.26 Å². The number of aliphatic imine (C=N–C) groups is 1. The van der Waals surface area contributed by atoms with Crippen LogP contribution in [-0.4, -0.2) is 24.5 Å². The van der Waals surface area contributed by atoms with Crippen molar-refractivity contribution in [2.75, 3.05) is 6.54 Å². The van der Waals surface area contributed by atoms with E-state index in [1.165, 1.54) is 0 Å². The molecule has 2 aliphatic heterocycles. The zero-order chi connectivity index (χ0) is 7.03. The molecule has 0 aliphatic carbocycles. The van der Waals surface area contributed by atoms with E-state index in [4.69, 9.17) is 10.00 Å². The Morgan fingerprint density at radius 3 is 3.10 bits per heavy atom. The summed E-state index contributed by atoms with van der Waals surface area (Å²) in [6, 6.07) is 2.07. The molecular weight excluding hydrogens is 128 g/mol. The highest BCUT2D eigenvalue weighted by atomic mass is 16.5. The van der Waals surface area contributed by atoms with Crippen molar-refractivity contribution < 1.29 is 4.74 Å². The molecule has 0 aromatic heterocycles. The minimum atomic E-state index is -0.165. The van der Waals surface area contributed by atoms with Gasteiger partial charge in [0.15, 0.2) is 0 Å². The molecule has 2 rings (SSSR count). The van der Waals surface area contributed by atoms with Crippen LogP contribution in [0.5, 0.6) is 0 Å². The molecule has 0 radical (unpaired) electrons.